The van der Waals surface area contributed by atoms with Crippen molar-refractivity contribution in [3.63, 3.8) is 0 Å². The Morgan fingerprint density at radius 2 is 2.09 bits per heavy atom. The molecule has 0 aromatic carbocycles. The Hall–Kier alpha value is -2.89. The predicted molar refractivity (Wildman–Crippen MR) is 80.0 cm³/mol. The van der Waals surface area contributed by atoms with Gasteiger partial charge in [0, 0.05) is 18.5 Å². The van der Waals surface area contributed by atoms with Gasteiger partial charge in [-0.05, 0) is 38.1 Å². The third-order valence-electron chi connectivity index (χ3n) is 3.31. The lowest BCUT2D eigenvalue weighted by Crippen LogP contribution is -2.32. The van der Waals surface area contributed by atoms with Crippen LogP contribution in [0.15, 0.2) is 47.5 Å². The summed E-state index contributed by atoms with van der Waals surface area (Å²) in [4.78, 5) is 27.5. The van der Waals surface area contributed by atoms with E-state index in [-0.39, 0.29) is 11.1 Å². The first-order chi connectivity index (χ1) is 10.4. The molecule has 112 valence electrons. The SMILES string of the molecule is CC1(C)C=C(n2cc(C(=O)O)ccc2=O)c2cccnc2O1. The second-order valence-electron chi connectivity index (χ2n) is 5.52. The van der Waals surface area contributed by atoms with E-state index in [0.717, 1.165) is 0 Å². The second kappa shape index (κ2) is 4.84. The molecule has 6 heteroatoms. The van der Waals surface area contributed by atoms with E-state index in [1.54, 1.807) is 24.4 Å². The molecule has 22 heavy (non-hydrogen) atoms. The fourth-order valence-corrected chi connectivity index (χ4v) is 2.35. The van der Waals surface area contributed by atoms with Gasteiger partial charge in [-0.25, -0.2) is 9.78 Å². The number of pyridine rings is 2. The summed E-state index contributed by atoms with van der Waals surface area (Å²) in [6, 6.07) is 6.04. The first-order valence-electron chi connectivity index (χ1n) is 6.71. The number of ether oxygens (including phenoxy) is 1. The monoisotopic (exact) mass is 298 g/mol. The highest BCUT2D eigenvalue weighted by Crippen LogP contribution is 2.34. The molecule has 2 aromatic heterocycles. The van der Waals surface area contributed by atoms with Gasteiger partial charge in [0.05, 0.1) is 16.8 Å². The average molecular weight is 298 g/mol. The maximum absolute atomic E-state index is 12.2. The van der Waals surface area contributed by atoms with Crippen molar-refractivity contribution in [3.05, 3.63) is 64.2 Å². The lowest BCUT2D eigenvalue weighted by molar-refractivity contribution is 0.0696. The molecule has 0 unspecified atom stereocenters. The maximum atomic E-state index is 12.2. The van der Waals surface area contributed by atoms with E-state index < -0.39 is 11.6 Å². The van der Waals surface area contributed by atoms with Crippen LogP contribution in [0.2, 0.25) is 0 Å². The quantitative estimate of drug-likeness (QED) is 0.917. The van der Waals surface area contributed by atoms with Gasteiger partial charge in [-0.15, -0.1) is 0 Å². The summed E-state index contributed by atoms with van der Waals surface area (Å²) in [6.07, 6.45) is 4.70. The zero-order chi connectivity index (χ0) is 15.9. The van der Waals surface area contributed by atoms with Gasteiger partial charge >= 0.3 is 5.97 Å². The van der Waals surface area contributed by atoms with Gasteiger partial charge in [0.1, 0.15) is 5.60 Å². The Labute approximate surface area is 126 Å². The normalized spacial score (nSPS) is 15.5. The van der Waals surface area contributed by atoms with Crippen LogP contribution < -0.4 is 10.3 Å². The van der Waals surface area contributed by atoms with Crippen molar-refractivity contribution in [2.45, 2.75) is 19.4 Å². The topological polar surface area (TPSA) is 81.4 Å². The number of aromatic nitrogens is 2. The third-order valence-corrected chi connectivity index (χ3v) is 3.31. The van der Waals surface area contributed by atoms with E-state index in [4.69, 9.17) is 9.84 Å². The second-order valence-corrected chi connectivity index (χ2v) is 5.52. The van der Waals surface area contributed by atoms with Crippen molar-refractivity contribution < 1.29 is 14.6 Å². The van der Waals surface area contributed by atoms with Crippen LogP contribution in [0, 0.1) is 0 Å². The molecule has 0 saturated carbocycles. The number of nitrogens with zero attached hydrogens (tertiary/aromatic N) is 2. The number of fused-ring (bicyclic) bond motifs is 1. The van der Waals surface area contributed by atoms with E-state index in [1.807, 2.05) is 13.8 Å². The van der Waals surface area contributed by atoms with E-state index in [1.165, 1.54) is 22.9 Å². The van der Waals surface area contributed by atoms with Crippen LogP contribution in [0.1, 0.15) is 29.8 Å². The first-order valence-corrected chi connectivity index (χ1v) is 6.71. The van der Waals surface area contributed by atoms with Gasteiger partial charge in [-0.2, -0.15) is 0 Å². The van der Waals surface area contributed by atoms with Crippen molar-refractivity contribution >= 4 is 11.7 Å². The van der Waals surface area contributed by atoms with Crippen LogP contribution in [0.25, 0.3) is 5.70 Å². The van der Waals surface area contributed by atoms with E-state index in [0.29, 0.717) is 17.1 Å². The van der Waals surface area contributed by atoms with E-state index in [9.17, 15) is 9.59 Å². The number of aromatic carboxylic acids is 1. The zero-order valence-electron chi connectivity index (χ0n) is 12.1. The molecule has 0 bridgehead atoms. The molecule has 6 nitrogen and oxygen atoms in total. The zero-order valence-corrected chi connectivity index (χ0v) is 12.1. The molecular formula is C16H14N2O4. The molecule has 1 N–H and O–H groups in total. The van der Waals surface area contributed by atoms with Gasteiger partial charge in [0.2, 0.25) is 5.88 Å². The Morgan fingerprint density at radius 1 is 1.32 bits per heavy atom. The molecule has 0 atom stereocenters. The van der Waals surface area contributed by atoms with Gasteiger partial charge in [-0.1, -0.05) is 0 Å². The number of hydrogen-bond acceptors (Lipinski definition) is 4. The summed E-state index contributed by atoms with van der Waals surface area (Å²) < 4.78 is 7.08. The summed E-state index contributed by atoms with van der Waals surface area (Å²) in [5, 5.41) is 9.12. The largest absolute Gasteiger partial charge is 0.478 e. The predicted octanol–water partition coefficient (Wildman–Crippen LogP) is 2.00. The molecule has 2 aromatic rings. The van der Waals surface area contributed by atoms with Crippen molar-refractivity contribution in [3.8, 4) is 5.88 Å². The van der Waals surface area contributed by atoms with Crippen LogP contribution in [-0.2, 0) is 0 Å². The van der Waals surface area contributed by atoms with Gasteiger partial charge in [0.25, 0.3) is 5.56 Å². The fraction of sp³-hybridized carbons (Fsp3) is 0.188. The molecule has 0 amide bonds. The van der Waals surface area contributed by atoms with Gasteiger partial charge in [0.15, 0.2) is 0 Å². The maximum Gasteiger partial charge on any atom is 0.337 e. The van der Waals surface area contributed by atoms with Crippen LogP contribution in [-0.4, -0.2) is 26.2 Å². The van der Waals surface area contributed by atoms with Crippen molar-refractivity contribution in [1.82, 2.24) is 9.55 Å². The standard InChI is InChI=1S/C16H14N2O4/c1-16(2)8-12(11-4-3-7-17-14(11)22-16)18-9-10(15(20)21)5-6-13(18)19/h3-9H,1-2H3,(H,20,21). The minimum atomic E-state index is -1.09. The summed E-state index contributed by atoms with van der Waals surface area (Å²) in [5.74, 6) is -0.676. The molecule has 0 radical (unpaired) electrons. The Morgan fingerprint density at radius 3 is 2.82 bits per heavy atom. The fourth-order valence-electron chi connectivity index (χ4n) is 2.35. The van der Waals surface area contributed by atoms with Crippen LogP contribution in [0.4, 0.5) is 0 Å². The number of carbonyl (C=O) groups is 1. The molecule has 0 saturated heterocycles. The number of carboxylic acid groups (broad SMARTS) is 1. The Bertz CT molecular complexity index is 849. The van der Waals surface area contributed by atoms with E-state index >= 15 is 0 Å². The van der Waals surface area contributed by atoms with Crippen molar-refractivity contribution in [2.75, 3.05) is 0 Å². The molecule has 1 aliphatic heterocycles. The van der Waals surface area contributed by atoms with Crippen molar-refractivity contribution in [1.29, 1.82) is 0 Å². The number of rotatable bonds is 2. The molecule has 1 aliphatic rings. The lowest BCUT2D eigenvalue weighted by atomic mass is 10.0. The average Bonchev–Trinajstić information content (AvgIpc) is 2.45. The van der Waals surface area contributed by atoms with Crippen molar-refractivity contribution in [2.24, 2.45) is 0 Å². The summed E-state index contributed by atoms with van der Waals surface area (Å²) in [5.41, 5.74) is 0.271. The van der Waals surface area contributed by atoms with Crippen LogP contribution in [0.5, 0.6) is 5.88 Å². The summed E-state index contributed by atoms with van der Waals surface area (Å²) in [6.45, 7) is 3.69. The minimum absolute atomic E-state index is 0.0373. The Kier molecular flexibility index (Phi) is 3.09. The molecule has 0 fully saturated rings. The van der Waals surface area contributed by atoms with E-state index in [2.05, 4.69) is 4.98 Å². The van der Waals surface area contributed by atoms with Gasteiger partial charge < -0.3 is 9.84 Å². The lowest BCUT2D eigenvalue weighted by Gasteiger charge is -2.30. The molecular weight excluding hydrogens is 284 g/mol. The first kappa shape index (κ1) is 14.1. The number of carboxylic acids is 1. The highest BCUT2D eigenvalue weighted by Gasteiger charge is 2.28. The highest BCUT2D eigenvalue weighted by molar-refractivity contribution is 5.87. The minimum Gasteiger partial charge on any atom is -0.478 e. The van der Waals surface area contributed by atoms with Crippen LogP contribution >= 0.6 is 0 Å². The van der Waals surface area contributed by atoms with Gasteiger partial charge in [-0.3, -0.25) is 9.36 Å². The van der Waals surface area contributed by atoms with Crippen LogP contribution in [0.3, 0.4) is 0 Å². The number of hydrogen-bond donors (Lipinski definition) is 1. The highest BCUT2D eigenvalue weighted by atomic mass is 16.5. The Balaban J connectivity index is 2.26. The molecule has 3 heterocycles. The third kappa shape index (κ3) is 2.39. The smallest absolute Gasteiger partial charge is 0.337 e. The molecule has 0 aliphatic carbocycles. The summed E-state index contributed by atoms with van der Waals surface area (Å²) >= 11 is 0. The molecule has 3 rings (SSSR count). The summed E-state index contributed by atoms with van der Waals surface area (Å²) in [7, 11) is 0. The molecule has 0 spiro atoms.